The Balaban J connectivity index is 1.19. The van der Waals surface area contributed by atoms with Crippen molar-refractivity contribution in [3.63, 3.8) is 0 Å². The first-order chi connectivity index (χ1) is 19.9. The van der Waals surface area contributed by atoms with Crippen LogP contribution < -0.4 is 15.8 Å². The molecule has 3 aromatic heterocycles. The zero-order chi connectivity index (χ0) is 28.5. The molecule has 0 bridgehead atoms. The van der Waals surface area contributed by atoms with Gasteiger partial charge in [0.05, 0.1) is 17.4 Å². The highest BCUT2D eigenvalue weighted by Gasteiger charge is 2.26. The maximum Gasteiger partial charge on any atom is 0.263 e. The summed E-state index contributed by atoms with van der Waals surface area (Å²) in [5.74, 6) is 0.742. The Morgan fingerprint density at radius 1 is 0.927 bits per heavy atom. The second-order valence-electron chi connectivity index (χ2n) is 10.8. The van der Waals surface area contributed by atoms with E-state index in [1.807, 2.05) is 47.4 Å². The summed E-state index contributed by atoms with van der Waals surface area (Å²) in [5, 5.41) is 3.88. The van der Waals surface area contributed by atoms with Crippen molar-refractivity contribution < 1.29 is 9.59 Å². The van der Waals surface area contributed by atoms with Crippen LogP contribution in [0.25, 0.3) is 11.0 Å². The van der Waals surface area contributed by atoms with Gasteiger partial charge >= 0.3 is 0 Å². The van der Waals surface area contributed by atoms with Gasteiger partial charge in [0.2, 0.25) is 5.95 Å². The number of hydrogen-bond acceptors (Lipinski definition) is 8. The molecule has 2 fully saturated rings. The topological polar surface area (TPSA) is 113 Å². The summed E-state index contributed by atoms with van der Waals surface area (Å²) >= 11 is 0. The number of pyridine rings is 2. The van der Waals surface area contributed by atoms with Crippen molar-refractivity contribution in [2.45, 2.75) is 45.6 Å². The van der Waals surface area contributed by atoms with Gasteiger partial charge < -0.3 is 15.1 Å². The number of benzene rings is 1. The predicted molar refractivity (Wildman–Crippen MR) is 158 cm³/mol. The average molecular weight is 552 g/mol. The molecule has 0 radical (unpaired) electrons. The maximum atomic E-state index is 13.4. The molecule has 0 unspecified atom stereocenters. The summed E-state index contributed by atoms with van der Waals surface area (Å²) in [6, 6.07) is 13.3. The highest BCUT2D eigenvalue weighted by atomic mass is 16.2. The van der Waals surface area contributed by atoms with Crippen molar-refractivity contribution in [2.24, 2.45) is 0 Å². The van der Waals surface area contributed by atoms with Gasteiger partial charge in [-0.2, -0.15) is 4.98 Å². The molecular formula is C31H33N7O3. The molecule has 1 amide bonds. The van der Waals surface area contributed by atoms with Crippen LogP contribution >= 0.6 is 0 Å². The van der Waals surface area contributed by atoms with Crippen LogP contribution in [0.1, 0.15) is 64.9 Å². The average Bonchev–Trinajstić information content (AvgIpc) is 3.52. The van der Waals surface area contributed by atoms with Crippen LogP contribution in [0.15, 0.2) is 59.7 Å². The Morgan fingerprint density at radius 2 is 1.66 bits per heavy atom. The van der Waals surface area contributed by atoms with Crippen LogP contribution in [0.5, 0.6) is 0 Å². The number of carbonyl (C=O) groups is 2. The number of amides is 1. The molecule has 10 heteroatoms. The number of fused-ring (bicyclic) bond motifs is 1. The standard InChI is InChI=1S/C31H33N7O3/c1-20-25-19-33-31(35-28(25)38(23-10-6-7-11-23)30(41)27(20)21(2)39)34-26-13-12-24(18-32-26)36-14-16-37(17-15-36)29(40)22-8-4-3-5-9-22/h3-5,8-9,12-13,18-19,23H,6-7,10-11,14-17H2,1-2H3,(H,32,33,34,35). The number of Topliss-reactive ketones (excluding diaryl/α,β-unsaturated/α-hetero) is 1. The smallest absolute Gasteiger partial charge is 0.263 e. The van der Waals surface area contributed by atoms with E-state index in [-0.39, 0.29) is 28.9 Å². The molecule has 4 heterocycles. The molecule has 4 aromatic rings. The molecule has 2 aliphatic rings. The molecule has 1 saturated heterocycles. The second kappa shape index (κ2) is 11.1. The van der Waals surface area contributed by atoms with E-state index < -0.39 is 0 Å². The fourth-order valence-corrected chi connectivity index (χ4v) is 6.00. The zero-order valence-corrected chi connectivity index (χ0v) is 23.3. The first-order valence-electron chi connectivity index (χ1n) is 14.2. The third-order valence-corrected chi connectivity index (χ3v) is 8.19. The molecule has 10 nitrogen and oxygen atoms in total. The van der Waals surface area contributed by atoms with Crippen molar-refractivity contribution in [1.82, 2.24) is 24.4 Å². The van der Waals surface area contributed by atoms with Gasteiger partial charge in [-0.05, 0) is 56.5 Å². The second-order valence-corrected chi connectivity index (χ2v) is 10.8. The van der Waals surface area contributed by atoms with Gasteiger partial charge in [0.25, 0.3) is 11.5 Å². The normalized spacial score (nSPS) is 15.9. The Labute approximate surface area is 238 Å². The first-order valence-corrected chi connectivity index (χ1v) is 14.2. The number of hydrogen-bond donors (Lipinski definition) is 1. The predicted octanol–water partition coefficient (Wildman–Crippen LogP) is 4.52. The summed E-state index contributed by atoms with van der Waals surface area (Å²) < 4.78 is 1.71. The lowest BCUT2D eigenvalue weighted by Gasteiger charge is -2.36. The number of anilines is 3. The summed E-state index contributed by atoms with van der Waals surface area (Å²) in [4.78, 5) is 56.5. The van der Waals surface area contributed by atoms with E-state index in [0.29, 0.717) is 47.0 Å². The van der Waals surface area contributed by atoms with Gasteiger partial charge in [-0.1, -0.05) is 31.0 Å². The minimum absolute atomic E-state index is 0.0207. The third kappa shape index (κ3) is 5.17. The van der Waals surface area contributed by atoms with Gasteiger partial charge in [0, 0.05) is 49.4 Å². The fourth-order valence-electron chi connectivity index (χ4n) is 6.00. The number of piperazine rings is 1. The number of nitrogens with zero attached hydrogens (tertiary/aromatic N) is 6. The summed E-state index contributed by atoms with van der Waals surface area (Å²) in [6.45, 7) is 5.96. The van der Waals surface area contributed by atoms with Crippen molar-refractivity contribution in [3.05, 3.63) is 81.9 Å². The Hall–Kier alpha value is -4.60. The van der Waals surface area contributed by atoms with Crippen molar-refractivity contribution in [2.75, 3.05) is 36.4 Å². The number of rotatable bonds is 6. The van der Waals surface area contributed by atoms with Gasteiger partial charge in [-0.15, -0.1) is 0 Å². The highest BCUT2D eigenvalue weighted by molar-refractivity contribution is 5.99. The number of ketones is 1. The van der Waals surface area contributed by atoms with Crippen molar-refractivity contribution in [3.8, 4) is 0 Å². The Bertz CT molecular complexity index is 1650. The van der Waals surface area contributed by atoms with Crippen molar-refractivity contribution >= 4 is 40.2 Å². The molecule has 1 aliphatic heterocycles. The zero-order valence-electron chi connectivity index (χ0n) is 23.3. The number of aryl methyl sites for hydroxylation is 1. The van der Waals surface area contributed by atoms with E-state index in [0.717, 1.165) is 44.5 Å². The molecule has 1 saturated carbocycles. The van der Waals surface area contributed by atoms with E-state index in [9.17, 15) is 14.4 Å². The molecule has 6 rings (SSSR count). The molecular weight excluding hydrogens is 518 g/mol. The minimum Gasteiger partial charge on any atom is -0.367 e. The van der Waals surface area contributed by atoms with Crippen molar-refractivity contribution in [1.29, 1.82) is 0 Å². The molecule has 0 atom stereocenters. The van der Waals surface area contributed by atoms with Crippen LogP contribution in [-0.2, 0) is 0 Å². The number of nitrogens with one attached hydrogen (secondary N) is 1. The third-order valence-electron chi connectivity index (χ3n) is 8.19. The van der Waals surface area contributed by atoms with Crippen LogP contribution in [0.4, 0.5) is 17.5 Å². The van der Waals surface area contributed by atoms with E-state index in [1.54, 1.807) is 23.9 Å². The van der Waals surface area contributed by atoms with E-state index in [4.69, 9.17) is 4.98 Å². The lowest BCUT2D eigenvalue weighted by molar-refractivity contribution is 0.0746. The molecule has 1 aliphatic carbocycles. The summed E-state index contributed by atoms with van der Waals surface area (Å²) in [7, 11) is 0. The fraction of sp³-hybridized carbons (Fsp3) is 0.355. The van der Waals surface area contributed by atoms with E-state index >= 15 is 0 Å². The number of carbonyl (C=O) groups excluding carboxylic acids is 2. The SMILES string of the molecule is CC(=O)c1c(C)c2cnc(Nc3ccc(N4CCN(C(=O)c5ccccc5)CC4)cn3)nc2n(C2CCCC2)c1=O. The maximum absolute atomic E-state index is 13.4. The summed E-state index contributed by atoms with van der Waals surface area (Å²) in [5.41, 5.74) is 2.80. The van der Waals surface area contributed by atoms with Gasteiger partial charge in [-0.3, -0.25) is 19.0 Å². The van der Waals surface area contributed by atoms with Crippen LogP contribution in [0, 0.1) is 6.92 Å². The van der Waals surface area contributed by atoms with Gasteiger partial charge in [-0.25, -0.2) is 9.97 Å². The number of aromatic nitrogens is 4. The van der Waals surface area contributed by atoms with Gasteiger partial charge in [0.15, 0.2) is 5.78 Å². The quantitative estimate of drug-likeness (QED) is 0.348. The van der Waals surface area contributed by atoms with Crippen LogP contribution in [0.3, 0.4) is 0 Å². The highest BCUT2D eigenvalue weighted by Crippen LogP contribution is 2.32. The molecule has 1 N–H and O–H groups in total. The monoisotopic (exact) mass is 551 g/mol. The van der Waals surface area contributed by atoms with Crippen LogP contribution in [0.2, 0.25) is 0 Å². The Morgan fingerprint density at radius 3 is 2.32 bits per heavy atom. The molecule has 1 aromatic carbocycles. The lowest BCUT2D eigenvalue weighted by atomic mass is 10.0. The molecule has 210 valence electrons. The van der Waals surface area contributed by atoms with Gasteiger partial charge in [0.1, 0.15) is 11.5 Å². The molecule has 0 spiro atoms. The largest absolute Gasteiger partial charge is 0.367 e. The van der Waals surface area contributed by atoms with Crippen LogP contribution in [-0.4, -0.2) is 62.3 Å². The molecule has 41 heavy (non-hydrogen) atoms. The first kappa shape index (κ1) is 26.6. The summed E-state index contributed by atoms with van der Waals surface area (Å²) in [6.07, 6.45) is 7.36. The Kier molecular flexibility index (Phi) is 7.21. The van der Waals surface area contributed by atoms with E-state index in [2.05, 4.69) is 20.2 Å². The minimum atomic E-state index is -0.271. The lowest BCUT2D eigenvalue weighted by Crippen LogP contribution is -2.48. The van der Waals surface area contributed by atoms with E-state index in [1.165, 1.54) is 6.92 Å².